The van der Waals surface area contributed by atoms with E-state index in [2.05, 4.69) is 12.2 Å². The van der Waals surface area contributed by atoms with Gasteiger partial charge < -0.3 is 11.1 Å². The molecular weight excluding hydrogens is 244 g/mol. The van der Waals surface area contributed by atoms with E-state index in [0.717, 1.165) is 12.1 Å². The monoisotopic (exact) mass is 262 g/mol. The fourth-order valence-corrected chi connectivity index (χ4v) is 2.27. The van der Waals surface area contributed by atoms with Gasteiger partial charge in [0.2, 0.25) is 0 Å². The largest absolute Gasteiger partial charge is 0.389 e. The molecule has 3 N–H and O–H groups in total. The summed E-state index contributed by atoms with van der Waals surface area (Å²) in [5.74, 6) is -0.0300. The van der Waals surface area contributed by atoms with Gasteiger partial charge in [-0.25, -0.2) is 0 Å². The van der Waals surface area contributed by atoms with Crippen molar-refractivity contribution in [1.82, 2.24) is 5.32 Å². The van der Waals surface area contributed by atoms with Crippen LogP contribution >= 0.6 is 12.2 Å². The van der Waals surface area contributed by atoms with Gasteiger partial charge in [0.25, 0.3) is 5.91 Å². The number of rotatable bonds is 4. The highest BCUT2D eigenvalue weighted by Gasteiger charge is 2.31. The highest BCUT2D eigenvalue weighted by atomic mass is 32.1. The van der Waals surface area contributed by atoms with Crippen molar-refractivity contribution in [2.24, 2.45) is 11.1 Å². The third kappa shape index (κ3) is 2.88. The molecule has 0 bridgehead atoms. The second kappa shape index (κ2) is 5.06. The lowest BCUT2D eigenvalue weighted by molar-refractivity contribution is 0.0891. The van der Waals surface area contributed by atoms with Crippen molar-refractivity contribution in [1.29, 1.82) is 0 Å². The number of amides is 1. The molecule has 96 valence electrons. The normalized spacial score (nSPS) is 16.7. The zero-order chi connectivity index (χ0) is 13.2. The van der Waals surface area contributed by atoms with Gasteiger partial charge in [0.05, 0.1) is 0 Å². The third-order valence-corrected chi connectivity index (χ3v) is 3.90. The van der Waals surface area contributed by atoms with E-state index in [9.17, 15) is 4.79 Å². The van der Waals surface area contributed by atoms with Crippen molar-refractivity contribution in [3.63, 3.8) is 0 Å². The van der Waals surface area contributed by atoms with Gasteiger partial charge in [0.15, 0.2) is 0 Å². The second-order valence-electron chi connectivity index (χ2n) is 5.29. The Morgan fingerprint density at radius 1 is 1.33 bits per heavy atom. The Morgan fingerprint density at radius 2 is 1.89 bits per heavy atom. The molecule has 4 heteroatoms. The smallest absolute Gasteiger partial charge is 0.251 e. The molecule has 1 aliphatic rings. The first-order valence-electron chi connectivity index (χ1n) is 6.18. The first-order valence-corrected chi connectivity index (χ1v) is 6.59. The lowest BCUT2D eigenvalue weighted by atomic mass is 9.70. The van der Waals surface area contributed by atoms with Gasteiger partial charge >= 0.3 is 0 Å². The SMILES string of the molecule is CC1(CNC(=O)c2ccc(C(N)=S)cc2)CCC1. The number of hydrogen-bond donors (Lipinski definition) is 2. The van der Waals surface area contributed by atoms with E-state index in [4.69, 9.17) is 18.0 Å². The fraction of sp³-hybridized carbons (Fsp3) is 0.429. The third-order valence-electron chi connectivity index (χ3n) is 3.67. The summed E-state index contributed by atoms with van der Waals surface area (Å²) in [5, 5.41) is 2.99. The van der Waals surface area contributed by atoms with Crippen LogP contribution in [0.1, 0.15) is 42.1 Å². The maximum absolute atomic E-state index is 11.9. The van der Waals surface area contributed by atoms with Crippen molar-refractivity contribution < 1.29 is 4.79 Å². The minimum absolute atomic E-state index is 0.0300. The van der Waals surface area contributed by atoms with E-state index in [1.54, 1.807) is 24.3 Å². The number of nitrogens with one attached hydrogen (secondary N) is 1. The molecule has 18 heavy (non-hydrogen) atoms. The molecule has 0 atom stereocenters. The Bertz CT molecular complexity index is 463. The minimum atomic E-state index is -0.0300. The molecule has 0 aromatic heterocycles. The summed E-state index contributed by atoms with van der Waals surface area (Å²) in [6, 6.07) is 7.07. The highest BCUT2D eigenvalue weighted by Crippen LogP contribution is 2.39. The van der Waals surface area contributed by atoms with E-state index in [0.29, 0.717) is 16.0 Å². The van der Waals surface area contributed by atoms with Gasteiger partial charge in [0, 0.05) is 17.7 Å². The first kappa shape index (κ1) is 13.0. The Morgan fingerprint density at radius 3 is 2.33 bits per heavy atom. The van der Waals surface area contributed by atoms with Crippen LogP contribution in [-0.4, -0.2) is 17.4 Å². The summed E-state index contributed by atoms with van der Waals surface area (Å²) in [7, 11) is 0. The average molecular weight is 262 g/mol. The molecule has 0 unspecified atom stereocenters. The lowest BCUT2D eigenvalue weighted by Gasteiger charge is -2.38. The average Bonchev–Trinajstić information content (AvgIpc) is 2.33. The van der Waals surface area contributed by atoms with Crippen LogP contribution in [0.2, 0.25) is 0 Å². The van der Waals surface area contributed by atoms with Crippen molar-refractivity contribution in [2.45, 2.75) is 26.2 Å². The Balaban J connectivity index is 1.94. The van der Waals surface area contributed by atoms with E-state index >= 15 is 0 Å². The molecule has 0 spiro atoms. The zero-order valence-corrected chi connectivity index (χ0v) is 11.3. The predicted molar refractivity (Wildman–Crippen MR) is 76.6 cm³/mol. The maximum atomic E-state index is 11.9. The molecule has 1 aromatic rings. The molecular formula is C14H18N2OS. The van der Waals surface area contributed by atoms with Gasteiger partial charge in [-0.2, -0.15) is 0 Å². The van der Waals surface area contributed by atoms with Crippen LogP contribution in [0.15, 0.2) is 24.3 Å². The van der Waals surface area contributed by atoms with Crippen molar-refractivity contribution in [3.05, 3.63) is 35.4 Å². The summed E-state index contributed by atoms with van der Waals surface area (Å²) >= 11 is 4.87. The molecule has 1 saturated carbocycles. The van der Waals surface area contributed by atoms with Crippen LogP contribution < -0.4 is 11.1 Å². The number of carbonyl (C=O) groups excluding carboxylic acids is 1. The van der Waals surface area contributed by atoms with Crippen LogP contribution in [0.4, 0.5) is 0 Å². The van der Waals surface area contributed by atoms with Crippen molar-refractivity contribution in [2.75, 3.05) is 6.54 Å². The summed E-state index contributed by atoms with van der Waals surface area (Å²) in [4.78, 5) is 12.3. The predicted octanol–water partition coefficient (Wildman–Crippen LogP) is 2.24. The lowest BCUT2D eigenvalue weighted by Crippen LogP contribution is -2.39. The number of benzene rings is 1. The topological polar surface area (TPSA) is 55.1 Å². The van der Waals surface area contributed by atoms with Crippen LogP contribution in [0.25, 0.3) is 0 Å². The van der Waals surface area contributed by atoms with Crippen LogP contribution in [0.5, 0.6) is 0 Å². The zero-order valence-electron chi connectivity index (χ0n) is 10.5. The summed E-state index contributed by atoms with van der Waals surface area (Å²) in [6.45, 7) is 2.97. The molecule has 1 aliphatic carbocycles. The van der Waals surface area contributed by atoms with E-state index in [1.165, 1.54) is 19.3 Å². The molecule has 0 heterocycles. The van der Waals surface area contributed by atoms with Gasteiger partial charge in [-0.1, -0.05) is 37.7 Å². The summed E-state index contributed by atoms with van der Waals surface area (Å²) in [6.07, 6.45) is 3.68. The quantitative estimate of drug-likeness (QED) is 0.818. The molecule has 1 fully saturated rings. The molecule has 0 radical (unpaired) electrons. The van der Waals surface area contributed by atoms with E-state index in [1.807, 2.05) is 0 Å². The fourth-order valence-electron chi connectivity index (χ4n) is 2.14. The number of thiocarbonyl (C=S) groups is 1. The summed E-state index contributed by atoms with van der Waals surface area (Å²) < 4.78 is 0. The maximum Gasteiger partial charge on any atom is 0.251 e. The molecule has 1 amide bonds. The standard InChI is InChI=1S/C14H18N2OS/c1-14(7-2-8-14)9-16-13(17)11-5-3-10(4-6-11)12(15)18/h3-6H,2,7-9H2,1H3,(H2,15,18)(H,16,17). The van der Waals surface area contributed by atoms with Crippen LogP contribution in [0.3, 0.4) is 0 Å². The minimum Gasteiger partial charge on any atom is -0.389 e. The second-order valence-corrected chi connectivity index (χ2v) is 5.73. The van der Waals surface area contributed by atoms with Crippen LogP contribution in [-0.2, 0) is 0 Å². The molecule has 0 aliphatic heterocycles. The van der Waals surface area contributed by atoms with E-state index in [-0.39, 0.29) is 5.91 Å². The van der Waals surface area contributed by atoms with Crippen molar-refractivity contribution in [3.8, 4) is 0 Å². The van der Waals surface area contributed by atoms with Gasteiger partial charge in [-0.3, -0.25) is 4.79 Å². The van der Waals surface area contributed by atoms with Crippen LogP contribution in [0, 0.1) is 5.41 Å². The molecule has 1 aromatic carbocycles. The number of nitrogens with two attached hydrogens (primary N) is 1. The highest BCUT2D eigenvalue weighted by molar-refractivity contribution is 7.80. The van der Waals surface area contributed by atoms with Gasteiger partial charge in [-0.15, -0.1) is 0 Å². The number of hydrogen-bond acceptors (Lipinski definition) is 2. The number of carbonyl (C=O) groups is 1. The first-order chi connectivity index (χ1) is 8.50. The Hall–Kier alpha value is -1.42. The van der Waals surface area contributed by atoms with Crippen molar-refractivity contribution >= 4 is 23.1 Å². The molecule has 0 saturated heterocycles. The Labute approximate surface area is 113 Å². The van der Waals surface area contributed by atoms with Gasteiger partial charge in [-0.05, 0) is 30.4 Å². The molecule has 2 rings (SSSR count). The van der Waals surface area contributed by atoms with E-state index < -0.39 is 0 Å². The Kier molecular flexibility index (Phi) is 3.66. The molecule has 3 nitrogen and oxygen atoms in total. The van der Waals surface area contributed by atoms with Gasteiger partial charge in [0.1, 0.15) is 4.99 Å². The summed E-state index contributed by atoms with van der Waals surface area (Å²) in [5.41, 5.74) is 7.25.